The number of ether oxygens (including phenoxy) is 3. The average molecular weight is 426 g/mol. The quantitative estimate of drug-likeness (QED) is 0.581. The normalized spacial score (nSPS) is 14.9. The fourth-order valence-corrected chi connectivity index (χ4v) is 3.79. The van der Waals surface area contributed by atoms with Crippen LogP contribution in [0.25, 0.3) is 0 Å². The van der Waals surface area contributed by atoms with Crippen LogP contribution in [-0.2, 0) is 18.4 Å². The summed E-state index contributed by atoms with van der Waals surface area (Å²) in [4.78, 5) is 12.2. The Labute approximate surface area is 178 Å². The molecule has 0 spiro atoms. The molecule has 2 heterocycles. The number of hydrogen-bond acceptors (Lipinski definition) is 7. The lowest BCUT2D eigenvalue weighted by Gasteiger charge is -2.25. The molecule has 1 amide bonds. The first-order chi connectivity index (χ1) is 14.6. The van der Waals surface area contributed by atoms with Gasteiger partial charge in [-0.25, -0.2) is 0 Å². The molecular weight excluding hydrogens is 404 g/mol. The van der Waals surface area contributed by atoms with Crippen molar-refractivity contribution < 1.29 is 19.0 Å². The van der Waals surface area contributed by atoms with E-state index in [0.717, 1.165) is 17.1 Å². The molecule has 0 aliphatic carbocycles. The second-order valence-corrected chi connectivity index (χ2v) is 7.62. The molecule has 1 atom stereocenters. The lowest BCUT2D eigenvalue weighted by molar-refractivity contribution is -0.118. The Kier molecular flexibility index (Phi) is 6.08. The number of para-hydroxylation sites is 2. The second-order valence-electron chi connectivity index (χ2n) is 6.68. The molecule has 1 aliphatic rings. The van der Waals surface area contributed by atoms with Crippen LogP contribution in [0.5, 0.6) is 17.2 Å². The first-order valence-electron chi connectivity index (χ1n) is 9.44. The molecule has 1 aliphatic heterocycles. The summed E-state index contributed by atoms with van der Waals surface area (Å²) in [5, 5.41) is 12.0. The van der Waals surface area contributed by atoms with Crippen LogP contribution in [0.15, 0.2) is 53.7 Å². The van der Waals surface area contributed by atoms with Crippen molar-refractivity contribution in [3.05, 3.63) is 59.9 Å². The van der Waals surface area contributed by atoms with Crippen molar-refractivity contribution >= 4 is 17.7 Å². The number of methoxy groups -OCH3 is 1. The fraction of sp³-hybridized carbons (Fsp3) is 0.286. The molecular formula is C21H22N4O4S. The summed E-state index contributed by atoms with van der Waals surface area (Å²) in [6.45, 7) is 0.794. The predicted octanol–water partition coefficient (Wildman–Crippen LogP) is 2.74. The van der Waals surface area contributed by atoms with Crippen LogP contribution in [0.4, 0.5) is 0 Å². The lowest BCUT2D eigenvalue weighted by atomic mass is 10.2. The van der Waals surface area contributed by atoms with Crippen LogP contribution in [0.3, 0.4) is 0 Å². The van der Waals surface area contributed by atoms with Gasteiger partial charge in [-0.3, -0.25) is 4.79 Å². The monoisotopic (exact) mass is 426 g/mol. The van der Waals surface area contributed by atoms with Crippen molar-refractivity contribution in [2.24, 2.45) is 7.05 Å². The Hall–Kier alpha value is -3.20. The summed E-state index contributed by atoms with van der Waals surface area (Å²) in [6.07, 6.45) is -0.353. The number of aromatic nitrogens is 3. The third-order valence-corrected chi connectivity index (χ3v) is 5.64. The van der Waals surface area contributed by atoms with E-state index in [-0.39, 0.29) is 17.8 Å². The molecule has 0 radical (unpaired) electrons. The highest BCUT2D eigenvalue weighted by Gasteiger charge is 2.27. The fourth-order valence-electron chi connectivity index (χ4n) is 3.04. The van der Waals surface area contributed by atoms with Crippen LogP contribution >= 0.6 is 11.8 Å². The molecule has 156 valence electrons. The summed E-state index contributed by atoms with van der Waals surface area (Å²) in [5.74, 6) is 2.98. The molecule has 0 saturated heterocycles. The van der Waals surface area contributed by atoms with E-state index < -0.39 is 0 Å². The molecule has 4 rings (SSSR count). The molecule has 1 N–H and O–H groups in total. The molecule has 3 aromatic rings. The van der Waals surface area contributed by atoms with E-state index in [9.17, 15) is 4.79 Å². The highest BCUT2D eigenvalue weighted by molar-refractivity contribution is 7.99. The van der Waals surface area contributed by atoms with E-state index in [2.05, 4.69) is 15.5 Å². The number of carbonyl (C=O) groups excluding carboxylic acids is 1. The number of rotatable bonds is 7. The zero-order chi connectivity index (χ0) is 20.9. The highest BCUT2D eigenvalue weighted by Crippen LogP contribution is 2.35. The summed E-state index contributed by atoms with van der Waals surface area (Å²) < 4.78 is 18.8. The van der Waals surface area contributed by atoms with Gasteiger partial charge in [-0.2, -0.15) is 0 Å². The summed E-state index contributed by atoms with van der Waals surface area (Å²) in [5.41, 5.74) is 0.975. The first-order valence-corrected chi connectivity index (χ1v) is 10.4. The minimum Gasteiger partial charge on any atom is -0.497 e. The molecule has 0 fully saturated rings. The number of amides is 1. The maximum absolute atomic E-state index is 12.2. The number of benzene rings is 2. The minimum atomic E-state index is -0.353. The van der Waals surface area contributed by atoms with Gasteiger partial charge in [0.1, 0.15) is 12.4 Å². The van der Waals surface area contributed by atoms with Crippen molar-refractivity contribution in [1.82, 2.24) is 20.1 Å². The van der Waals surface area contributed by atoms with Crippen LogP contribution in [-0.4, -0.2) is 40.1 Å². The SMILES string of the molecule is COc1cccc(CNC(=O)CSc2nnc(C3COc4ccccc4O3)n2C)c1. The van der Waals surface area contributed by atoms with Gasteiger partial charge in [0.05, 0.1) is 12.9 Å². The molecule has 9 heteroatoms. The molecule has 0 bridgehead atoms. The molecule has 30 heavy (non-hydrogen) atoms. The number of nitrogens with zero attached hydrogens (tertiary/aromatic N) is 3. The Bertz CT molecular complexity index is 1040. The number of carbonyl (C=O) groups is 1. The Balaban J connectivity index is 1.31. The standard InChI is InChI=1S/C21H22N4O4S/c1-25-20(18-12-28-16-8-3-4-9-17(16)29-18)23-24-21(25)30-13-19(26)22-11-14-6-5-7-15(10-14)27-2/h3-10,18H,11-13H2,1-2H3,(H,22,26). The van der Waals surface area contributed by atoms with E-state index in [4.69, 9.17) is 14.2 Å². The topological polar surface area (TPSA) is 87.5 Å². The lowest BCUT2D eigenvalue weighted by Crippen LogP contribution is -2.25. The summed E-state index contributed by atoms with van der Waals surface area (Å²) in [7, 11) is 3.47. The summed E-state index contributed by atoms with van der Waals surface area (Å²) >= 11 is 1.32. The largest absolute Gasteiger partial charge is 0.497 e. The van der Waals surface area contributed by atoms with E-state index in [1.165, 1.54) is 11.8 Å². The molecule has 0 saturated carbocycles. The molecule has 1 unspecified atom stereocenters. The first kappa shape index (κ1) is 20.1. The van der Waals surface area contributed by atoms with Crippen molar-refractivity contribution in [2.75, 3.05) is 19.5 Å². The number of thioether (sulfide) groups is 1. The van der Waals surface area contributed by atoms with Gasteiger partial charge < -0.3 is 24.1 Å². The maximum atomic E-state index is 12.2. The zero-order valence-electron chi connectivity index (χ0n) is 16.7. The van der Waals surface area contributed by atoms with Gasteiger partial charge in [0, 0.05) is 13.6 Å². The van der Waals surface area contributed by atoms with Crippen LogP contribution in [0.1, 0.15) is 17.5 Å². The predicted molar refractivity (Wildman–Crippen MR) is 112 cm³/mol. The van der Waals surface area contributed by atoms with Gasteiger partial charge in [-0.05, 0) is 29.8 Å². The van der Waals surface area contributed by atoms with Crippen LogP contribution in [0.2, 0.25) is 0 Å². The van der Waals surface area contributed by atoms with E-state index in [1.54, 1.807) is 7.11 Å². The molecule has 2 aromatic carbocycles. The van der Waals surface area contributed by atoms with Gasteiger partial charge >= 0.3 is 0 Å². The smallest absolute Gasteiger partial charge is 0.230 e. The Morgan fingerprint density at radius 2 is 2.07 bits per heavy atom. The van der Waals surface area contributed by atoms with Gasteiger partial charge in [0.25, 0.3) is 0 Å². The van der Waals surface area contributed by atoms with E-state index in [0.29, 0.717) is 29.9 Å². The highest BCUT2D eigenvalue weighted by atomic mass is 32.2. The molecule has 1 aromatic heterocycles. The Morgan fingerprint density at radius 1 is 1.23 bits per heavy atom. The van der Waals surface area contributed by atoms with Gasteiger partial charge in [0.15, 0.2) is 28.6 Å². The third kappa shape index (κ3) is 4.51. The molecule has 8 nitrogen and oxygen atoms in total. The van der Waals surface area contributed by atoms with Gasteiger partial charge in [-0.15, -0.1) is 10.2 Å². The number of hydrogen-bond donors (Lipinski definition) is 1. The number of fused-ring (bicyclic) bond motifs is 1. The van der Waals surface area contributed by atoms with Crippen LogP contribution < -0.4 is 19.5 Å². The van der Waals surface area contributed by atoms with Gasteiger partial charge in [-0.1, -0.05) is 36.0 Å². The van der Waals surface area contributed by atoms with Crippen molar-refractivity contribution in [3.63, 3.8) is 0 Å². The van der Waals surface area contributed by atoms with Crippen molar-refractivity contribution in [3.8, 4) is 17.2 Å². The average Bonchev–Trinajstić information content (AvgIpc) is 3.16. The van der Waals surface area contributed by atoms with Crippen molar-refractivity contribution in [2.45, 2.75) is 17.8 Å². The van der Waals surface area contributed by atoms with E-state index in [1.807, 2.05) is 60.1 Å². The van der Waals surface area contributed by atoms with Gasteiger partial charge in [0.2, 0.25) is 5.91 Å². The maximum Gasteiger partial charge on any atom is 0.230 e. The Morgan fingerprint density at radius 3 is 2.90 bits per heavy atom. The third-order valence-electron chi connectivity index (χ3n) is 4.62. The zero-order valence-corrected chi connectivity index (χ0v) is 17.5. The van der Waals surface area contributed by atoms with Crippen LogP contribution in [0, 0.1) is 0 Å². The van der Waals surface area contributed by atoms with Crippen molar-refractivity contribution in [1.29, 1.82) is 0 Å². The van der Waals surface area contributed by atoms with E-state index >= 15 is 0 Å². The second kappa shape index (κ2) is 9.08. The summed E-state index contributed by atoms with van der Waals surface area (Å²) in [6, 6.07) is 15.1. The minimum absolute atomic E-state index is 0.0847. The number of nitrogens with one attached hydrogen (secondary N) is 1.